The lowest BCUT2D eigenvalue weighted by molar-refractivity contribution is -0.136. The average molecular weight is 498 g/mol. The minimum atomic E-state index is -4.62. The molecule has 1 amide bonds. The molecule has 1 fully saturated rings. The van der Waals surface area contributed by atoms with Gasteiger partial charge in [-0.05, 0) is 55.9 Å². The Hall–Kier alpha value is -2.91. The largest absolute Gasteiger partial charge is 0.491 e. The third-order valence-electron chi connectivity index (χ3n) is 5.40. The van der Waals surface area contributed by atoms with Crippen molar-refractivity contribution in [1.82, 2.24) is 4.90 Å². The molecule has 0 aliphatic carbocycles. The lowest BCUT2D eigenvalue weighted by Crippen LogP contribution is -2.44. The van der Waals surface area contributed by atoms with Crippen LogP contribution in [-0.2, 0) is 11.0 Å². The molecule has 0 unspecified atom stereocenters. The van der Waals surface area contributed by atoms with E-state index in [0.29, 0.717) is 42.4 Å². The molecular formula is C24H27ClF3N3O3. The number of methoxy groups -OCH3 is 1. The van der Waals surface area contributed by atoms with Crippen molar-refractivity contribution < 1.29 is 27.4 Å². The molecule has 1 saturated heterocycles. The number of hydrogen-bond donors (Lipinski definition) is 1. The van der Waals surface area contributed by atoms with Crippen LogP contribution in [0.25, 0.3) is 6.08 Å². The Morgan fingerprint density at radius 2 is 1.88 bits per heavy atom. The van der Waals surface area contributed by atoms with Gasteiger partial charge in [-0.1, -0.05) is 11.6 Å². The molecule has 0 radical (unpaired) electrons. The van der Waals surface area contributed by atoms with E-state index in [2.05, 4.69) is 10.2 Å². The zero-order valence-corrected chi connectivity index (χ0v) is 20.0. The number of anilines is 2. The van der Waals surface area contributed by atoms with E-state index >= 15 is 0 Å². The van der Waals surface area contributed by atoms with Gasteiger partial charge >= 0.3 is 6.18 Å². The van der Waals surface area contributed by atoms with Crippen molar-refractivity contribution in [3.8, 4) is 11.5 Å². The first kappa shape index (κ1) is 25.7. The Morgan fingerprint density at radius 1 is 1.18 bits per heavy atom. The summed E-state index contributed by atoms with van der Waals surface area (Å²) in [6.07, 6.45) is -2.04. The van der Waals surface area contributed by atoms with Gasteiger partial charge in [0.2, 0.25) is 5.91 Å². The first-order valence-electron chi connectivity index (χ1n) is 10.8. The summed E-state index contributed by atoms with van der Waals surface area (Å²) in [6, 6.07) is 7.17. The highest BCUT2D eigenvalue weighted by atomic mass is 35.5. The van der Waals surface area contributed by atoms with E-state index in [1.165, 1.54) is 19.3 Å². The second-order valence-corrected chi connectivity index (χ2v) is 8.21. The molecule has 2 aromatic carbocycles. The molecule has 0 saturated carbocycles. The van der Waals surface area contributed by atoms with Crippen LogP contribution in [0.1, 0.15) is 18.1 Å². The molecule has 10 heteroatoms. The molecule has 0 aromatic heterocycles. The average Bonchev–Trinajstić information content (AvgIpc) is 2.78. The summed E-state index contributed by atoms with van der Waals surface area (Å²) >= 11 is 6.20. The predicted octanol–water partition coefficient (Wildman–Crippen LogP) is 5.17. The van der Waals surface area contributed by atoms with Crippen molar-refractivity contribution in [2.45, 2.75) is 13.1 Å². The molecule has 0 atom stereocenters. The van der Waals surface area contributed by atoms with E-state index in [-0.39, 0.29) is 10.7 Å². The quantitative estimate of drug-likeness (QED) is 0.535. The number of nitrogens with one attached hydrogen (secondary N) is 1. The van der Waals surface area contributed by atoms with Crippen molar-refractivity contribution >= 4 is 35.0 Å². The lowest BCUT2D eigenvalue weighted by atomic mass is 10.1. The van der Waals surface area contributed by atoms with Crippen LogP contribution in [-0.4, -0.2) is 57.8 Å². The van der Waals surface area contributed by atoms with Crippen molar-refractivity contribution in [3.05, 3.63) is 52.6 Å². The third kappa shape index (κ3) is 6.36. The first-order valence-corrected chi connectivity index (χ1v) is 11.1. The van der Waals surface area contributed by atoms with Gasteiger partial charge in [0.1, 0.15) is 0 Å². The highest BCUT2D eigenvalue weighted by Gasteiger charge is 2.34. The number of likely N-dealkylation sites (N-methyl/N-ethyl adjacent to an activating group) is 1. The number of amides is 1. The molecule has 1 aliphatic rings. The fourth-order valence-electron chi connectivity index (χ4n) is 3.63. The molecule has 0 bridgehead atoms. The topological polar surface area (TPSA) is 54.0 Å². The van der Waals surface area contributed by atoms with E-state index in [4.69, 9.17) is 21.1 Å². The molecule has 2 aromatic rings. The summed E-state index contributed by atoms with van der Waals surface area (Å²) < 4.78 is 52.0. The summed E-state index contributed by atoms with van der Waals surface area (Å²) in [7, 11) is 3.43. The van der Waals surface area contributed by atoms with Crippen LogP contribution in [0, 0.1) is 0 Å². The number of hydrogen-bond acceptors (Lipinski definition) is 5. The highest BCUT2D eigenvalue weighted by Crippen LogP contribution is 2.38. The van der Waals surface area contributed by atoms with E-state index in [9.17, 15) is 18.0 Å². The fraction of sp³-hybridized carbons (Fsp3) is 0.375. The van der Waals surface area contributed by atoms with Crippen molar-refractivity contribution in [2.75, 3.05) is 57.2 Å². The van der Waals surface area contributed by atoms with Gasteiger partial charge in [-0.2, -0.15) is 13.2 Å². The Bertz CT molecular complexity index is 1050. The van der Waals surface area contributed by atoms with Crippen molar-refractivity contribution in [3.63, 3.8) is 0 Å². The summed E-state index contributed by atoms with van der Waals surface area (Å²) in [5.74, 6) is 0.0551. The van der Waals surface area contributed by atoms with Gasteiger partial charge in [0.15, 0.2) is 11.5 Å². The minimum Gasteiger partial charge on any atom is -0.491 e. The number of rotatable bonds is 7. The van der Waals surface area contributed by atoms with E-state index in [1.54, 1.807) is 25.1 Å². The van der Waals surface area contributed by atoms with Crippen LogP contribution in [0.15, 0.2) is 36.4 Å². The third-order valence-corrected chi connectivity index (χ3v) is 5.68. The van der Waals surface area contributed by atoms with E-state index in [0.717, 1.165) is 25.2 Å². The van der Waals surface area contributed by atoms with Crippen LogP contribution in [0.3, 0.4) is 0 Å². The Kier molecular flexibility index (Phi) is 8.33. The molecule has 1 heterocycles. The number of ether oxygens (including phenoxy) is 2. The molecule has 6 nitrogen and oxygen atoms in total. The fourth-order valence-corrected chi connectivity index (χ4v) is 3.92. The van der Waals surface area contributed by atoms with Crippen LogP contribution < -0.4 is 19.7 Å². The smallest absolute Gasteiger partial charge is 0.418 e. The van der Waals surface area contributed by atoms with Gasteiger partial charge in [-0.25, -0.2) is 0 Å². The Labute approximate surface area is 201 Å². The maximum Gasteiger partial charge on any atom is 0.418 e. The number of piperazine rings is 1. The predicted molar refractivity (Wildman–Crippen MR) is 128 cm³/mol. The van der Waals surface area contributed by atoms with Gasteiger partial charge in [0.05, 0.1) is 30.0 Å². The first-order chi connectivity index (χ1) is 16.1. The molecule has 1 N–H and O–H groups in total. The Balaban J connectivity index is 1.79. The molecule has 34 heavy (non-hydrogen) atoms. The minimum absolute atomic E-state index is 0.285. The highest BCUT2D eigenvalue weighted by molar-refractivity contribution is 6.32. The second kappa shape index (κ2) is 11.0. The summed E-state index contributed by atoms with van der Waals surface area (Å²) in [4.78, 5) is 16.5. The van der Waals surface area contributed by atoms with Gasteiger partial charge in [-0.3, -0.25) is 4.79 Å². The number of halogens is 4. The zero-order valence-electron chi connectivity index (χ0n) is 19.2. The number of benzene rings is 2. The molecule has 184 valence electrons. The van der Waals surface area contributed by atoms with Crippen LogP contribution >= 0.6 is 11.6 Å². The van der Waals surface area contributed by atoms with Crippen molar-refractivity contribution in [2.24, 2.45) is 0 Å². The second-order valence-electron chi connectivity index (χ2n) is 7.81. The molecule has 1 aliphatic heterocycles. The normalized spacial score (nSPS) is 15.0. The van der Waals surface area contributed by atoms with E-state index in [1.807, 2.05) is 11.9 Å². The van der Waals surface area contributed by atoms with Gasteiger partial charge in [-0.15, -0.1) is 0 Å². The van der Waals surface area contributed by atoms with Gasteiger partial charge in [0.25, 0.3) is 0 Å². The SMILES string of the molecule is CCOc1cc(/C=C/C(=O)Nc2ccc(N3CCN(C)CC3)cc2C(F)(F)F)cc(Cl)c1OC. The zero-order chi connectivity index (χ0) is 24.9. The monoisotopic (exact) mass is 497 g/mol. The van der Waals surface area contributed by atoms with E-state index < -0.39 is 17.6 Å². The number of alkyl halides is 3. The van der Waals surface area contributed by atoms with Crippen LogP contribution in [0.4, 0.5) is 24.5 Å². The van der Waals surface area contributed by atoms with Crippen LogP contribution in [0.2, 0.25) is 5.02 Å². The number of carbonyl (C=O) groups excluding carboxylic acids is 1. The summed E-state index contributed by atoms with van der Waals surface area (Å²) in [5.41, 5.74) is -0.184. The molecule has 3 rings (SSSR count). The van der Waals surface area contributed by atoms with Gasteiger partial charge in [0, 0.05) is 37.9 Å². The number of nitrogens with zero attached hydrogens (tertiary/aromatic N) is 2. The van der Waals surface area contributed by atoms with Crippen molar-refractivity contribution in [1.29, 1.82) is 0 Å². The van der Waals surface area contributed by atoms with Gasteiger partial charge < -0.3 is 24.6 Å². The lowest BCUT2D eigenvalue weighted by Gasteiger charge is -2.34. The molecular weight excluding hydrogens is 471 g/mol. The van der Waals surface area contributed by atoms with Crippen LogP contribution in [0.5, 0.6) is 11.5 Å². The summed E-state index contributed by atoms with van der Waals surface area (Å²) in [6.45, 7) is 4.99. The summed E-state index contributed by atoms with van der Waals surface area (Å²) in [5, 5.41) is 2.62. The maximum absolute atomic E-state index is 13.8. The molecule has 0 spiro atoms. The number of carbonyl (C=O) groups is 1. The maximum atomic E-state index is 13.8. The Morgan fingerprint density at radius 3 is 2.50 bits per heavy atom. The standard InChI is InChI=1S/C24H27ClF3N3O3/c1-4-34-21-14-16(13-19(25)23(21)33-3)5-8-22(32)29-20-7-6-17(15-18(20)24(26,27)28)31-11-9-30(2)10-12-31/h5-8,13-15H,4,9-12H2,1-3H3,(H,29,32)/b8-5+.